The smallest absolute Gasteiger partial charge is 0.151 e. The van der Waals surface area contributed by atoms with Crippen molar-refractivity contribution in [3.8, 4) is 5.69 Å². The molecule has 1 heterocycles. The van der Waals surface area contributed by atoms with Crippen LogP contribution in [0.4, 0.5) is 8.78 Å². The van der Waals surface area contributed by atoms with Crippen molar-refractivity contribution in [2.75, 3.05) is 13.6 Å². The number of aromatic nitrogens is 2. The Morgan fingerprint density at radius 3 is 2.68 bits per heavy atom. The van der Waals surface area contributed by atoms with Gasteiger partial charge in [-0.2, -0.15) is 5.10 Å². The summed E-state index contributed by atoms with van der Waals surface area (Å²) in [6.07, 6.45) is 2.60. The van der Waals surface area contributed by atoms with Crippen LogP contribution >= 0.6 is 0 Å². The maximum Gasteiger partial charge on any atom is 0.151 e. The molecule has 1 aromatic heterocycles. The van der Waals surface area contributed by atoms with Crippen LogP contribution in [0, 0.1) is 25.5 Å². The number of likely N-dealkylation sites (N-methyl/N-ethyl adjacent to an activating group) is 1. The number of benzene rings is 1. The third-order valence-electron chi connectivity index (χ3n) is 5.14. The van der Waals surface area contributed by atoms with Gasteiger partial charge in [-0.25, -0.2) is 13.5 Å². The van der Waals surface area contributed by atoms with Crippen LogP contribution < -0.4 is 5.32 Å². The van der Waals surface area contributed by atoms with Gasteiger partial charge in [0.25, 0.3) is 0 Å². The molecular weight excluding hydrogens is 322 g/mol. The van der Waals surface area contributed by atoms with E-state index in [1.807, 2.05) is 13.8 Å². The lowest BCUT2D eigenvalue weighted by atomic mass is 10.2. The molecule has 0 aliphatic heterocycles. The zero-order valence-electron chi connectivity index (χ0n) is 15.3. The van der Waals surface area contributed by atoms with Gasteiger partial charge in [-0.1, -0.05) is 0 Å². The predicted molar refractivity (Wildman–Crippen MR) is 94.9 cm³/mol. The molecule has 0 saturated heterocycles. The van der Waals surface area contributed by atoms with E-state index in [-0.39, 0.29) is 5.69 Å². The summed E-state index contributed by atoms with van der Waals surface area (Å²) in [4.78, 5) is 2.42. The Bertz CT molecular complexity index is 752. The quantitative estimate of drug-likeness (QED) is 0.833. The minimum absolute atomic E-state index is 0.273. The average Bonchev–Trinajstić information content (AvgIpc) is 3.36. The van der Waals surface area contributed by atoms with E-state index in [0.29, 0.717) is 12.6 Å². The van der Waals surface area contributed by atoms with Crippen molar-refractivity contribution in [3.05, 3.63) is 46.8 Å². The van der Waals surface area contributed by atoms with Gasteiger partial charge in [-0.05, 0) is 52.8 Å². The van der Waals surface area contributed by atoms with E-state index in [0.717, 1.165) is 35.6 Å². The largest absolute Gasteiger partial charge is 0.311 e. The van der Waals surface area contributed by atoms with E-state index >= 15 is 0 Å². The van der Waals surface area contributed by atoms with Crippen molar-refractivity contribution in [2.24, 2.45) is 0 Å². The van der Waals surface area contributed by atoms with Gasteiger partial charge < -0.3 is 5.32 Å². The molecule has 2 aromatic rings. The van der Waals surface area contributed by atoms with Gasteiger partial charge in [-0.3, -0.25) is 4.90 Å². The zero-order valence-corrected chi connectivity index (χ0v) is 15.3. The van der Waals surface area contributed by atoms with Crippen molar-refractivity contribution in [1.82, 2.24) is 20.0 Å². The summed E-state index contributed by atoms with van der Waals surface area (Å²) in [5.41, 5.74) is 3.07. The SMILES string of the molecule is Cc1nn(-c2ccc(F)cc2F)c(C)c1CNCC(C)N(C)C1CC1. The lowest BCUT2D eigenvalue weighted by Gasteiger charge is -2.24. The van der Waals surface area contributed by atoms with Gasteiger partial charge >= 0.3 is 0 Å². The van der Waals surface area contributed by atoms with E-state index < -0.39 is 11.6 Å². The van der Waals surface area contributed by atoms with Crippen LogP contribution in [0.1, 0.15) is 36.7 Å². The number of hydrogen-bond donors (Lipinski definition) is 1. The molecule has 136 valence electrons. The third-order valence-corrected chi connectivity index (χ3v) is 5.14. The molecule has 1 fully saturated rings. The number of nitrogens with one attached hydrogen (secondary N) is 1. The highest BCUT2D eigenvalue weighted by Gasteiger charge is 2.28. The van der Waals surface area contributed by atoms with Crippen molar-refractivity contribution >= 4 is 0 Å². The monoisotopic (exact) mass is 348 g/mol. The fourth-order valence-corrected chi connectivity index (χ4v) is 3.21. The maximum absolute atomic E-state index is 14.1. The maximum atomic E-state index is 14.1. The van der Waals surface area contributed by atoms with Gasteiger partial charge in [0.15, 0.2) is 5.82 Å². The summed E-state index contributed by atoms with van der Waals surface area (Å²) >= 11 is 0. The van der Waals surface area contributed by atoms with E-state index in [2.05, 4.69) is 29.3 Å². The van der Waals surface area contributed by atoms with Crippen molar-refractivity contribution in [1.29, 1.82) is 0 Å². The molecule has 1 aliphatic rings. The van der Waals surface area contributed by atoms with Crippen LogP contribution in [0.3, 0.4) is 0 Å². The molecule has 0 spiro atoms. The van der Waals surface area contributed by atoms with Crippen LogP contribution in [-0.2, 0) is 6.54 Å². The van der Waals surface area contributed by atoms with Gasteiger partial charge in [0, 0.05) is 42.5 Å². The molecule has 25 heavy (non-hydrogen) atoms. The standard InChI is InChI=1S/C19H26F2N4/c1-12(24(4)16-6-7-16)10-22-11-17-13(2)23-25(14(17)3)19-8-5-15(20)9-18(19)21/h5,8-9,12,16,22H,6-7,10-11H2,1-4H3. The van der Waals surface area contributed by atoms with Crippen molar-refractivity contribution in [2.45, 2.75) is 52.2 Å². The topological polar surface area (TPSA) is 33.1 Å². The fourth-order valence-electron chi connectivity index (χ4n) is 3.21. The minimum Gasteiger partial charge on any atom is -0.311 e. The molecule has 1 aromatic carbocycles. The van der Waals surface area contributed by atoms with E-state index in [1.165, 1.54) is 25.0 Å². The molecule has 4 nitrogen and oxygen atoms in total. The summed E-state index contributed by atoms with van der Waals surface area (Å²) in [5.74, 6) is -1.19. The molecule has 1 unspecified atom stereocenters. The highest BCUT2D eigenvalue weighted by Crippen LogP contribution is 2.26. The van der Waals surface area contributed by atoms with Crippen molar-refractivity contribution < 1.29 is 8.78 Å². The van der Waals surface area contributed by atoms with Crippen molar-refractivity contribution in [3.63, 3.8) is 0 Å². The summed E-state index contributed by atoms with van der Waals surface area (Å²) in [7, 11) is 2.18. The van der Waals surface area contributed by atoms with Crippen LogP contribution in [-0.4, -0.2) is 40.4 Å². The fraction of sp³-hybridized carbons (Fsp3) is 0.526. The van der Waals surface area contributed by atoms with E-state index in [4.69, 9.17) is 0 Å². The molecular formula is C19H26F2N4. The van der Waals surface area contributed by atoms with Crippen LogP contribution in [0.25, 0.3) is 5.69 Å². The van der Waals surface area contributed by atoms with Crippen LogP contribution in [0.5, 0.6) is 0 Å². The number of aryl methyl sites for hydroxylation is 1. The molecule has 1 aliphatic carbocycles. The number of hydrogen-bond acceptors (Lipinski definition) is 3. The highest BCUT2D eigenvalue weighted by molar-refractivity contribution is 5.38. The Balaban J connectivity index is 1.69. The van der Waals surface area contributed by atoms with Crippen LogP contribution in [0.2, 0.25) is 0 Å². The lowest BCUT2D eigenvalue weighted by Crippen LogP contribution is -2.39. The first kappa shape index (κ1) is 18.0. The molecule has 6 heteroatoms. The molecule has 1 saturated carbocycles. The van der Waals surface area contributed by atoms with Gasteiger partial charge in [0.2, 0.25) is 0 Å². The van der Waals surface area contributed by atoms with Gasteiger partial charge in [0.1, 0.15) is 11.5 Å². The third kappa shape index (κ3) is 3.90. The number of nitrogens with zero attached hydrogens (tertiary/aromatic N) is 3. The second-order valence-electron chi connectivity index (χ2n) is 7.03. The Morgan fingerprint density at radius 1 is 1.32 bits per heavy atom. The average molecular weight is 348 g/mol. The highest BCUT2D eigenvalue weighted by atomic mass is 19.1. The Morgan fingerprint density at radius 2 is 2.04 bits per heavy atom. The minimum atomic E-state index is -0.607. The number of halogens is 2. The summed E-state index contributed by atoms with van der Waals surface area (Å²) in [5, 5.41) is 7.93. The summed E-state index contributed by atoms with van der Waals surface area (Å²) < 4.78 is 28.8. The van der Waals surface area contributed by atoms with Gasteiger partial charge in [-0.15, -0.1) is 0 Å². The first-order valence-electron chi connectivity index (χ1n) is 8.81. The van der Waals surface area contributed by atoms with E-state index in [9.17, 15) is 8.78 Å². The Kier molecular flexibility index (Phi) is 5.20. The second-order valence-corrected chi connectivity index (χ2v) is 7.03. The molecule has 0 bridgehead atoms. The van der Waals surface area contributed by atoms with Crippen LogP contribution in [0.15, 0.2) is 18.2 Å². The molecule has 0 amide bonds. The Hall–Kier alpha value is -1.79. The summed E-state index contributed by atoms with van der Waals surface area (Å²) in [6.45, 7) is 7.63. The number of rotatable bonds is 7. The van der Waals surface area contributed by atoms with E-state index in [1.54, 1.807) is 4.68 Å². The van der Waals surface area contributed by atoms with Gasteiger partial charge in [0.05, 0.1) is 5.69 Å². The predicted octanol–water partition coefficient (Wildman–Crippen LogP) is 3.34. The first-order valence-corrected chi connectivity index (χ1v) is 8.81. The Labute approximate surface area is 147 Å². The molecule has 3 rings (SSSR count). The molecule has 1 N–H and O–H groups in total. The second kappa shape index (κ2) is 7.22. The lowest BCUT2D eigenvalue weighted by molar-refractivity contribution is 0.241. The molecule has 1 atom stereocenters. The molecule has 0 radical (unpaired) electrons. The summed E-state index contributed by atoms with van der Waals surface area (Å²) in [6, 6.07) is 4.78. The first-order chi connectivity index (χ1) is 11.9. The zero-order chi connectivity index (χ0) is 18.1. The normalized spacial score (nSPS) is 15.8.